The van der Waals surface area contributed by atoms with Crippen molar-refractivity contribution in [3.05, 3.63) is 126 Å². The first-order valence-electron chi connectivity index (χ1n) is 10.9. The molecule has 162 valence electrons. The van der Waals surface area contributed by atoms with Crippen LogP contribution in [0.3, 0.4) is 0 Å². The van der Waals surface area contributed by atoms with Crippen molar-refractivity contribution < 1.29 is 9.53 Å². The summed E-state index contributed by atoms with van der Waals surface area (Å²) >= 11 is 0. The van der Waals surface area contributed by atoms with Crippen molar-refractivity contribution in [2.24, 2.45) is 0 Å². The number of benzene rings is 3. The average Bonchev–Trinajstić information content (AvgIpc) is 3.26. The van der Waals surface area contributed by atoms with E-state index in [1.165, 1.54) is 11.1 Å². The third-order valence-electron chi connectivity index (χ3n) is 5.55. The molecule has 4 heteroatoms. The number of carbonyl (C=O) groups is 1. The fourth-order valence-electron chi connectivity index (χ4n) is 3.70. The van der Waals surface area contributed by atoms with Crippen LogP contribution in [0.15, 0.2) is 103 Å². The summed E-state index contributed by atoms with van der Waals surface area (Å²) in [5.74, 6) is 0.657. The molecule has 32 heavy (non-hydrogen) atoms. The Morgan fingerprint density at radius 1 is 0.812 bits per heavy atom. The number of aryl methyl sites for hydroxylation is 1. The fourth-order valence-corrected chi connectivity index (χ4v) is 3.70. The summed E-state index contributed by atoms with van der Waals surface area (Å²) in [6.07, 6.45) is 2.08. The van der Waals surface area contributed by atoms with E-state index in [2.05, 4.69) is 48.0 Å². The van der Waals surface area contributed by atoms with Gasteiger partial charge in [-0.1, -0.05) is 72.8 Å². The average molecular weight is 425 g/mol. The van der Waals surface area contributed by atoms with Crippen molar-refractivity contribution in [1.82, 2.24) is 9.47 Å². The van der Waals surface area contributed by atoms with Gasteiger partial charge in [-0.15, -0.1) is 0 Å². The van der Waals surface area contributed by atoms with Gasteiger partial charge in [0.25, 0.3) is 5.91 Å². The number of para-hydroxylation sites is 1. The van der Waals surface area contributed by atoms with Gasteiger partial charge in [0.2, 0.25) is 0 Å². The Morgan fingerprint density at radius 2 is 1.50 bits per heavy atom. The second-order valence-corrected chi connectivity index (χ2v) is 7.89. The summed E-state index contributed by atoms with van der Waals surface area (Å²) in [5, 5.41) is 0. The Balaban J connectivity index is 1.51. The lowest BCUT2D eigenvalue weighted by Gasteiger charge is -2.24. The number of aromatic nitrogens is 1. The Labute approximate surface area is 189 Å². The molecule has 0 atom stereocenters. The lowest BCUT2D eigenvalue weighted by molar-refractivity contribution is -0.134. The second-order valence-electron chi connectivity index (χ2n) is 7.89. The van der Waals surface area contributed by atoms with Gasteiger partial charge in [0.15, 0.2) is 6.61 Å². The quantitative estimate of drug-likeness (QED) is 0.358. The fraction of sp³-hybridized carbons (Fsp3) is 0.179. The minimum Gasteiger partial charge on any atom is -0.484 e. The third-order valence-corrected chi connectivity index (χ3v) is 5.55. The highest BCUT2D eigenvalue weighted by atomic mass is 16.5. The van der Waals surface area contributed by atoms with Crippen molar-refractivity contribution >= 4 is 5.91 Å². The molecule has 0 fully saturated rings. The lowest BCUT2D eigenvalue weighted by Crippen LogP contribution is -2.34. The van der Waals surface area contributed by atoms with Gasteiger partial charge in [-0.2, -0.15) is 0 Å². The van der Waals surface area contributed by atoms with E-state index in [1.807, 2.05) is 71.6 Å². The van der Waals surface area contributed by atoms with Gasteiger partial charge in [0, 0.05) is 25.0 Å². The Bertz CT molecular complexity index is 1140. The van der Waals surface area contributed by atoms with E-state index in [0.717, 1.165) is 17.8 Å². The predicted octanol–water partition coefficient (Wildman–Crippen LogP) is 5.45. The van der Waals surface area contributed by atoms with E-state index < -0.39 is 0 Å². The third kappa shape index (κ3) is 5.67. The van der Waals surface area contributed by atoms with Crippen LogP contribution < -0.4 is 4.74 Å². The summed E-state index contributed by atoms with van der Waals surface area (Å²) in [6.45, 7) is 3.97. The van der Waals surface area contributed by atoms with Gasteiger partial charge >= 0.3 is 0 Å². The van der Waals surface area contributed by atoms with Crippen molar-refractivity contribution in [3.8, 4) is 5.75 Å². The molecule has 3 aromatic carbocycles. The van der Waals surface area contributed by atoms with Crippen LogP contribution in [0, 0.1) is 6.92 Å². The van der Waals surface area contributed by atoms with E-state index in [4.69, 9.17) is 4.74 Å². The smallest absolute Gasteiger partial charge is 0.261 e. The highest BCUT2D eigenvalue weighted by molar-refractivity contribution is 5.77. The first-order valence-corrected chi connectivity index (χ1v) is 10.9. The van der Waals surface area contributed by atoms with Crippen molar-refractivity contribution in [1.29, 1.82) is 0 Å². The monoisotopic (exact) mass is 424 g/mol. The zero-order valence-electron chi connectivity index (χ0n) is 18.4. The van der Waals surface area contributed by atoms with Crippen LogP contribution in [0.25, 0.3) is 0 Å². The molecule has 0 unspecified atom stereocenters. The molecule has 0 saturated heterocycles. The molecule has 4 nitrogen and oxygen atoms in total. The predicted molar refractivity (Wildman–Crippen MR) is 127 cm³/mol. The first-order chi connectivity index (χ1) is 15.7. The Hall–Kier alpha value is -3.79. The molecule has 1 heterocycles. The summed E-state index contributed by atoms with van der Waals surface area (Å²) in [4.78, 5) is 15.0. The number of ether oxygens (including phenoxy) is 1. The molecule has 4 rings (SSSR count). The highest BCUT2D eigenvalue weighted by Crippen LogP contribution is 2.16. The normalized spacial score (nSPS) is 10.7. The van der Waals surface area contributed by atoms with Gasteiger partial charge in [0.05, 0.1) is 6.54 Å². The maximum Gasteiger partial charge on any atom is 0.261 e. The van der Waals surface area contributed by atoms with Crippen LogP contribution in [0.2, 0.25) is 0 Å². The molecular weight excluding hydrogens is 396 g/mol. The second kappa shape index (κ2) is 10.5. The topological polar surface area (TPSA) is 34.5 Å². The number of amides is 1. The maximum absolute atomic E-state index is 13.2. The molecule has 1 aromatic heterocycles. The highest BCUT2D eigenvalue weighted by Gasteiger charge is 2.17. The van der Waals surface area contributed by atoms with Crippen LogP contribution in [0.4, 0.5) is 0 Å². The van der Waals surface area contributed by atoms with Crippen LogP contribution in [-0.2, 0) is 24.4 Å². The molecule has 0 saturated carbocycles. The molecule has 0 spiro atoms. The van der Waals surface area contributed by atoms with Gasteiger partial charge in [-0.05, 0) is 47.9 Å². The van der Waals surface area contributed by atoms with Crippen LogP contribution in [0.1, 0.15) is 22.4 Å². The first kappa shape index (κ1) is 21.4. The van der Waals surface area contributed by atoms with Crippen LogP contribution in [-0.4, -0.2) is 22.0 Å². The summed E-state index contributed by atoms with van der Waals surface area (Å²) < 4.78 is 7.96. The van der Waals surface area contributed by atoms with Crippen molar-refractivity contribution in [2.75, 3.05) is 6.61 Å². The molecule has 0 radical (unpaired) electrons. The number of hydrogen-bond acceptors (Lipinski definition) is 2. The van der Waals surface area contributed by atoms with E-state index in [0.29, 0.717) is 18.8 Å². The Morgan fingerprint density at radius 3 is 2.25 bits per heavy atom. The summed E-state index contributed by atoms with van der Waals surface area (Å²) in [5.41, 5.74) is 4.73. The van der Waals surface area contributed by atoms with E-state index >= 15 is 0 Å². The number of nitrogens with zero attached hydrogens (tertiary/aromatic N) is 2. The van der Waals surface area contributed by atoms with Crippen LogP contribution >= 0.6 is 0 Å². The largest absolute Gasteiger partial charge is 0.484 e. The van der Waals surface area contributed by atoms with Gasteiger partial charge in [-0.3, -0.25) is 4.79 Å². The van der Waals surface area contributed by atoms with E-state index in [1.54, 1.807) is 0 Å². The summed E-state index contributed by atoms with van der Waals surface area (Å²) in [7, 11) is 0. The van der Waals surface area contributed by atoms with E-state index in [-0.39, 0.29) is 12.5 Å². The van der Waals surface area contributed by atoms with Crippen LogP contribution in [0.5, 0.6) is 5.75 Å². The standard InChI is InChI=1S/C28H28N2O2/c1-23-11-8-9-14-25(23)20-29-18-10-15-26(29)21-30(19-24-12-4-2-5-13-24)28(31)22-32-27-16-6-3-7-17-27/h2-18H,19-22H2,1H3. The SMILES string of the molecule is Cc1ccccc1Cn1cccc1CN(Cc1ccccc1)C(=O)COc1ccccc1. The molecule has 0 aliphatic rings. The van der Waals surface area contributed by atoms with Gasteiger partial charge < -0.3 is 14.2 Å². The molecular formula is C28H28N2O2. The zero-order chi connectivity index (χ0) is 22.2. The maximum atomic E-state index is 13.2. The molecule has 0 N–H and O–H groups in total. The molecule has 4 aromatic rings. The molecule has 0 aliphatic carbocycles. The lowest BCUT2D eigenvalue weighted by atomic mass is 10.1. The zero-order valence-corrected chi connectivity index (χ0v) is 18.4. The van der Waals surface area contributed by atoms with Gasteiger partial charge in [-0.25, -0.2) is 0 Å². The number of rotatable bonds is 9. The van der Waals surface area contributed by atoms with E-state index in [9.17, 15) is 4.79 Å². The molecule has 1 amide bonds. The molecule has 0 bridgehead atoms. The minimum atomic E-state index is -0.0404. The van der Waals surface area contributed by atoms with Crippen molar-refractivity contribution in [3.63, 3.8) is 0 Å². The number of carbonyl (C=O) groups excluding carboxylic acids is 1. The molecule has 0 aliphatic heterocycles. The summed E-state index contributed by atoms with van der Waals surface area (Å²) in [6, 6.07) is 32.1. The number of hydrogen-bond donors (Lipinski definition) is 0. The Kier molecular flexibility index (Phi) is 7.03. The van der Waals surface area contributed by atoms with Gasteiger partial charge in [0.1, 0.15) is 5.75 Å². The van der Waals surface area contributed by atoms with Crippen molar-refractivity contribution in [2.45, 2.75) is 26.6 Å². The minimum absolute atomic E-state index is 0.00927.